The quantitative estimate of drug-likeness (QED) is 0.0261. The SMILES string of the molecule is CC/C=C\C/C=C\C/C=C\C/C=C\CCCCCCCCCCC(=O)OC(COC(=O)CCCCCCCCC/C=C\CCCCCCCC)COC(=O)CCCCCCCCCCCCCCCCCCCCCCCCCC. The number of unbranched alkanes of at least 4 members (excludes halogenated alkanes) is 44. The van der Waals surface area contributed by atoms with Crippen molar-refractivity contribution in [3.63, 3.8) is 0 Å². The second-order valence-corrected chi connectivity index (χ2v) is 23.8. The van der Waals surface area contributed by atoms with Gasteiger partial charge in [-0.1, -0.05) is 332 Å². The highest BCUT2D eigenvalue weighted by atomic mass is 16.6. The molecule has 80 heavy (non-hydrogen) atoms. The predicted octanol–water partition coefficient (Wildman–Crippen LogP) is 24.3. The summed E-state index contributed by atoms with van der Waals surface area (Å²) in [6.07, 6.45) is 88.1. The number of carbonyl (C=O) groups excluding carboxylic acids is 3. The summed E-state index contributed by atoms with van der Waals surface area (Å²) in [7, 11) is 0. The third-order valence-electron chi connectivity index (χ3n) is 15.8. The minimum absolute atomic E-state index is 0.0749. The first-order valence-corrected chi connectivity index (χ1v) is 35.3. The Labute approximate surface area is 498 Å². The van der Waals surface area contributed by atoms with Crippen molar-refractivity contribution in [2.45, 2.75) is 380 Å². The Kier molecular flexibility index (Phi) is 66.1. The van der Waals surface area contributed by atoms with Crippen LogP contribution in [0.15, 0.2) is 60.8 Å². The number of hydrogen-bond acceptors (Lipinski definition) is 6. The van der Waals surface area contributed by atoms with Gasteiger partial charge in [0.25, 0.3) is 0 Å². The molecule has 0 aliphatic rings. The monoisotopic (exact) mass is 1120 g/mol. The Hall–Kier alpha value is -2.89. The fourth-order valence-electron chi connectivity index (χ4n) is 10.5. The van der Waals surface area contributed by atoms with E-state index in [1.54, 1.807) is 0 Å². The van der Waals surface area contributed by atoms with E-state index < -0.39 is 6.10 Å². The van der Waals surface area contributed by atoms with Crippen molar-refractivity contribution in [3.05, 3.63) is 60.8 Å². The van der Waals surface area contributed by atoms with Crippen LogP contribution in [-0.4, -0.2) is 37.2 Å². The fraction of sp³-hybridized carbons (Fsp3) is 0.824. The lowest BCUT2D eigenvalue weighted by atomic mass is 10.0. The Morgan fingerprint density at radius 1 is 0.263 bits per heavy atom. The Morgan fingerprint density at radius 3 is 0.775 bits per heavy atom. The van der Waals surface area contributed by atoms with Gasteiger partial charge < -0.3 is 14.2 Å². The van der Waals surface area contributed by atoms with E-state index in [2.05, 4.69) is 81.5 Å². The third-order valence-corrected chi connectivity index (χ3v) is 15.8. The summed E-state index contributed by atoms with van der Waals surface area (Å²) in [6, 6.07) is 0. The van der Waals surface area contributed by atoms with E-state index in [1.807, 2.05) is 0 Å². The van der Waals surface area contributed by atoms with Crippen molar-refractivity contribution in [1.82, 2.24) is 0 Å². The van der Waals surface area contributed by atoms with E-state index in [0.717, 1.165) is 89.9 Å². The zero-order chi connectivity index (χ0) is 57.8. The molecule has 0 radical (unpaired) electrons. The Balaban J connectivity index is 4.32. The maximum atomic E-state index is 13.0. The van der Waals surface area contributed by atoms with Gasteiger partial charge in [-0.3, -0.25) is 14.4 Å². The lowest BCUT2D eigenvalue weighted by Gasteiger charge is -2.18. The van der Waals surface area contributed by atoms with E-state index in [4.69, 9.17) is 14.2 Å². The molecule has 6 heteroatoms. The molecule has 0 aromatic heterocycles. The van der Waals surface area contributed by atoms with Crippen molar-refractivity contribution in [3.8, 4) is 0 Å². The van der Waals surface area contributed by atoms with E-state index in [-0.39, 0.29) is 31.1 Å². The lowest BCUT2D eigenvalue weighted by Crippen LogP contribution is -2.30. The van der Waals surface area contributed by atoms with Gasteiger partial charge in [0.05, 0.1) is 0 Å². The van der Waals surface area contributed by atoms with Gasteiger partial charge in [0.1, 0.15) is 13.2 Å². The van der Waals surface area contributed by atoms with Crippen LogP contribution in [0.1, 0.15) is 374 Å². The second-order valence-electron chi connectivity index (χ2n) is 23.8. The first-order chi connectivity index (χ1) is 39.5. The van der Waals surface area contributed by atoms with Gasteiger partial charge in [-0.05, 0) is 83.5 Å². The molecular weight excluding hydrogens is 985 g/mol. The number of esters is 3. The number of carbonyl (C=O) groups is 3. The van der Waals surface area contributed by atoms with Crippen molar-refractivity contribution in [2.75, 3.05) is 13.2 Å². The molecule has 0 bridgehead atoms. The van der Waals surface area contributed by atoms with Crippen LogP contribution in [0.3, 0.4) is 0 Å². The molecule has 1 unspecified atom stereocenters. The Bertz CT molecular complexity index is 1430. The molecule has 0 amide bonds. The van der Waals surface area contributed by atoms with Crippen LogP contribution >= 0.6 is 0 Å². The normalized spacial score (nSPS) is 12.4. The Morgan fingerprint density at radius 2 is 0.487 bits per heavy atom. The van der Waals surface area contributed by atoms with Crippen LogP contribution in [0.4, 0.5) is 0 Å². The molecule has 0 fully saturated rings. The van der Waals surface area contributed by atoms with Crippen LogP contribution in [0.5, 0.6) is 0 Å². The van der Waals surface area contributed by atoms with Crippen LogP contribution in [0.25, 0.3) is 0 Å². The highest BCUT2D eigenvalue weighted by Gasteiger charge is 2.19. The molecule has 0 saturated carbocycles. The summed E-state index contributed by atoms with van der Waals surface area (Å²) in [5.41, 5.74) is 0. The van der Waals surface area contributed by atoms with Gasteiger partial charge in [0, 0.05) is 19.3 Å². The molecule has 0 rings (SSSR count). The second kappa shape index (κ2) is 68.6. The van der Waals surface area contributed by atoms with Gasteiger partial charge >= 0.3 is 17.9 Å². The molecule has 0 spiro atoms. The standard InChI is InChI=1S/C74H134O6/c1-4-7-10-13-16-19-22-25-28-31-33-35-36-37-39-40-43-46-49-52-55-58-61-64-67-73(76)79-70-71(69-78-72(75)66-63-60-57-54-51-48-45-42-30-27-24-21-18-15-12-9-6-3)80-74(77)68-65-62-59-56-53-50-47-44-41-38-34-32-29-26-23-20-17-14-11-8-5-2/h8,11,17,20,26-27,29-30,34,38,71H,4-7,9-10,12-16,18-19,21-25,28,31-33,35-37,39-70H2,1-3H3/b11-8-,20-17-,29-26-,30-27-,38-34-. The number of ether oxygens (including phenoxy) is 3. The van der Waals surface area contributed by atoms with Crippen molar-refractivity contribution in [1.29, 1.82) is 0 Å². The molecule has 0 saturated heterocycles. The van der Waals surface area contributed by atoms with E-state index in [9.17, 15) is 14.4 Å². The average molecular weight is 1120 g/mol. The summed E-state index contributed by atoms with van der Waals surface area (Å²) in [6.45, 7) is 6.58. The predicted molar refractivity (Wildman–Crippen MR) is 348 cm³/mol. The number of allylic oxidation sites excluding steroid dienone is 10. The van der Waals surface area contributed by atoms with Crippen molar-refractivity contribution >= 4 is 17.9 Å². The molecular formula is C74H134O6. The summed E-state index contributed by atoms with van der Waals surface area (Å²) >= 11 is 0. The third kappa shape index (κ3) is 65.9. The molecule has 0 heterocycles. The lowest BCUT2D eigenvalue weighted by molar-refractivity contribution is -0.167. The maximum absolute atomic E-state index is 13.0. The van der Waals surface area contributed by atoms with Crippen LogP contribution < -0.4 is 0 Å². The van der Waals surface area contributed by atoms with Gasteiger partial charge in [-0.25, -0.2) is 0 Å². The summed E-state index contributed by atoms with van der Waals surface area (Å²) in [4.78, 5) is 38.5. The minimum Gasteiger partial charge on any atom is -0.462 e. The summed E-state index contributed by atoms with van der Waals surface area (Å²) in [5.74, 6) is -0.863. The smallest absolute Gasteiger partial charge is 0.306 e. The average Bonchev–Trinajstić information content (AvgIpc) is 3.46. The fourth-order valence-corrected chi connectivity index (χ4v) is 10.5. The summed E-state index contributed by atoms with van der Waals surface area (Å²) < 4.78 is 17.0. The molecule has 0 aliphatic heterocycles. The first kappa shape index (κ1) is 77.1. The molecule has 466 valence electrons. The highest BCUT2D eigenvalue weighted by molar-refractivity contribution is 5.71. The van der Waals surface area contributed by atoms with Gasteiger partial charge in [0.2, 0.25) is 0 Å². The van der Waals surface area contributed by atoms with Crippen LogP contribution in [-0.2, 0) is 28.6 Å². The van der Waals surface area contributed by atoms with Gasteiger partial charge in [0.15, 0.2) is 6.10 Å². The van der Waals surface area contributed by atoms with E-state index in [1.165, 1.54) is 244 Å². The molecule has 1 atom stereocenters. The zero-order valence-corrected chi connectivity index (χ0v) is 53.6. The zero-order valence-electron chi connectivity index (χ0n) is 53.6. The van der Waals surface area contributed by atoms with Gasteiger partial charge in [-0.15, -0.1) is 0 Å². The van der Waals surface area contributed by atoms with E-state index in [0.29, 0.717) is 19.3 Å². The molecule has 0 aliphatic carbocycles. The largest absolute Gasteiger partial charge is 0.462 e. The van der Waals surface area contributed by atoms with Crippen LogP contribution in [0.2, 0.25) is 0 Å². The maximum Gasteiger partial charge on any atom is 0.306 e. The topological polar surface area (TPSA) is 78.9 Å². The summed E-state index contributed by atoms with van der Waals surface area (Å²) in [5, 5.41) is 0. The number of rotatable bonds is 65. The number of hydrogen-bond donors (Lipinski definition) is 0. The van der Waals surface area contributed by atoms with E-state index >= 15 is 0 Å². The molecule has 0 aromatic carbocycles. The highest BCUT2D eigenvalue weighted by Crippen LogP contribution is 2.18. The van der Waals surface area contributed by atoms with Crippen molar-refractivity contribution in [2.24, 2.45) is 0 Å². The van der Waals surface area contributed by atoms with Gasteiger partial charge in [-0.2, -0.15) is 0 Å². The van der Waals surface area contributed by atoms with Crippen molar-refractivity contribution < 1.29 is 28.6 Å². The molecule has 0 aromatic rings. The minimum atomic E-state index is -0.781. The first-order valence-electron chi connectivity index (χ1n) is 35.3. The van der Waals surface area contributed by atoms with Crippen LogP contribution in [0, 0.1) is 0 Å². The molecule has 6 nitrogen and oxygen atoms in total. The molecule has 0 N–H and O–H groups in total.